The molecule has 1 aliphatic heterocycles. The van der Waals surface area contributed by atoms with Crippen LogP contribution in [-0.2, 0) is 22.6 Å². The summed E-state index contributed by atoms with van der Waals surface area (Å²) < 4.78 is 5.40. The summed E-state index contributed by atoms with van der Waals surface area (Å²) in [6.07, 6.45) is 0. The van der Waals surface area contributed by atoms with Gasteiger partial charge in [-0.1, -0.05) is 35.9 Å². The molecule has 1 amide bonds. The summed E-state index contributed by atoms with van der Waals surface area (Å²) in [6.45, 7) is 6.01. The molecule has 1 heterocycles. The Bertz CT molecular complexity index is 728. The second-order valence-corrected chi connectivity index (χ2v) is 7.66. The Morgan fingerprint density at radius 3 is 2.37 bits per heavy atom. The van der Waals surface area contributed by atoms with E-state index in [1.165, 1.54) is 11.1 Å². The Morgan fingerprint density at radius 1 is 1.07 bits per heavy atom. The van der Waals surface area contributed by atoms with Crippen molar-refractivity contribution in [3.05, 3.63) is 64.7 Å². The number of halogens is 1. The molecule has 0 aromatic heterocycles. The Kier molecular flexibility index (Phi) is 7.24. The van der Waals surface area contributed by atoms with Crippen molar-refractivity contribution in [2.45, 2.75) is 13.1 Å². The maximum atomic E-state index is 12.3. The van der Waals surface area contributed by atoms with Crippen molar-refractivity contribution >= 4 is 23.2 Å². The lowest BCUT2D eigenvalue weighted by atomic mass is 10.2. The van der Waals surface area contributed by atoms with Crippen LogP contribution in [0.15, 0.2) is 48.5 Å². The highest BCUT2D eigenvalue weighted by Gasteiger charge is 2.14. The molecule has 0 aliphatic carbocycles. The van der Waals surface area contributed by atoms with Gasteiger partial charge in [-0.15, -0.1) is 0 Å². The molecule has 2 aromatic carbocycles. The molecule has 1 saturated heterocycles. The van der Waals surface area contributed by atoms with Crippen LogP contribution in [-0.4, -0.2) is 45.8 Å². The number of carbonyl (C=O) groups excluding carboxylic acids is 1. The number of carbonyl (C=O) groups is 1. The van der Waals surface area contributed by atoms with Crippen LogP contribution in [0.3, 0.4) is 0 Å². The van der Waals surface area contributed by atoms with Gasteiger partial charge < -0.3 is 19.9 Å². The van der Waals surface area contributed by atoms with Crippen molar-refractivity contribution in [1.29, 1.82) is 0 Å². The van der Waals surface area contributed by atoms with Crippen molar-refractivity contribution in [2.75, 3.05) is 45.2 Å². The standard InChI is InChI=1S/C21H26ClN3O2/c1-24(14-17-2-6-19(22)7-3-17)16-21(26)23-20-8-4-18(5-9-20)15-25-10-12-27-13-11-25/h2-9H,10-16H2,1H3,(H,23,26)/p+2. The van der Waals surface area contributed by atoms with Gasteiger partial charge in [0.25, 0.3) is 5.91 Å². The topological polar surface area (TPSA) is 47.2 Å². The molecule has 1 fully saturated rings. The van der Waals surface area contributed by atoms with Gasteiger partial charge in [-0.25, -0.2) is 0 Å². The molecule has 3 N–H and O–H groups in total. The molecular weight excluding hydrogens is 362 g/mol. The third-order valence-corrected chi connectivity index (χ3v) is 5.03. The molecule has 0 spiro atoms. The lowest BCUT2D eigenvalue weighted by molar-refractivity contribution is -0.921. The third kappa shape index (κ3) is 6.63. The lowest BCUT2D eigenvalue weighted by Crippen LogP contribution is -3.12. The molecule has 0 bridgehead atoms. The summed E-state index contributed by atoms with van der Waals surface area (Å²) in [5, 5.41) is 3.72. The predicted molar refractivity (Wildman–Crippen MR) is 107 cm³/mol. The third-order valence-electron chi connectivity index (χ3n) is 4.77. The highest BCUT2D eigenvalue weighted by molar-refractivity contribution is 6.30. The Labute approximate surface area is 165 Å². The van der Waals surface area contributed by atoms with Crippen molar-refractivity contribution in [3.63, 3.8) is 0 Å². The number of benzene rings is 2. The lowest BCUT2D eigenvalue weighted by Gasteiger charge is -2.23. The largest absolute Gasteiger partial charge is 0.370 e. The molecule has 3 rings (SSSR count). The Morgan fingerprint density at radius 2 is 1.70 bits per heavy atom. The molecule has 1 aliphatic rings. The highest BCUT2D eigenvalue weighted by atomic mass is 35.5. The Hall–Kier alpha value is -1.92. The summed E-state index contributed by atoms with van der Waals surface area (Å²) in [6, 6.07) is 15.9. The van der Waals surface area contributed by atoms with E-state index in [4.69, 9.17) is 16.3 Å². The van der Waals surface area contributed by atoms with E-state index in [1.54, 1.807) is 4.90 Å². The molecule has 0 saturated carbocycles. The molecule has 27 heavy (non-hydrogen) atoms. The summed E-state index contributed by atoms with van der Waals surface area (Å²) in [5.74, 6) is 0.0213. The zero-order valence-electron chi connectivity index (χ0n) is 15.8. The first-order valence-electron chi connectivity index (χ1n) is 9.44. The van der Waals surface area contributed by atoms with Crippen LogP contribution in [0.5, 0.6) is 0 Å². The van der Waals surface area contributed by atoms with Gasteiger partial charge in [0, 0.05) is 21.8 Å². The summed E-state index contributed by atoms with van der Waals surface area (Å²) in [5.41, 5.74) is 3.30. The first kappa shape index (κ1) is 19.8. The quantitative estimate of drug-likeness (QED) is 0.642. The number of anilines is 1. The van der Waals surface area contributed by atoms with Crippen LogP contribution in [0.25, 0.3) is 0 Å². The zero-order chi connectivity index (χ0) is 19.1. The molecule has 5 nitrogen and oxygen atoms in total. The fourth-order valence-electron chi connectivity index (χ4n) is 3.32. The minimum Gasteiger partial charge on any atom is -0.370 e. The number of likely N-dealkylation sites (N-methyl/N-ethyl adjacent to an activating group) is 1. The molecule has 1 unspecified atom stereocenters. The van der Waals surface area contributed by atoms with Gasteiger partial charge in [-0.3, -0.25) is 4.79 Å². The van der Waals surface area contributed by atoms with Crippen LogP contribution in [0.1, 0.15) is 11.1 Å². The second kappa shape index (κ2) is 9.85. The number of hydrogen-bond donors (Lipinski definition) is 3. The fourth-order valence-corrected chi connectivity index (χ4v) is 3.45. The number of rotatable bonds is 7. The normalized spacial score (nSPS) is 16.1. The first-order valence-corrected chi connectivity index (χ1v) is 9.82. The maximum Gasteiger partial charge on any atom is 0.279 e. The van der Waals surface area contributed by atoms with Gasteiger partial charge >= 0.3 is 0 Å². The minimum absolute atomic E-state index is 0.0213. The van der Waals surface area contributed by atoms with Gasteiger partial charge in [0.15, 0.2) is 6.54 Å². The van der Waals surface area contributed by atoms with E-state index in [-0.39, 0.29) is 5.91 Å². The second-order valence-electron chi connectivity index (χ2n) is 7.22. The van der Waals surface area contributed by atoms with Gasteiger partial charge in [0.1, 0.15) is 26.2 Å². The zero-order valence-corrected chi connectivity index (χ0v) is 16.5. The van der Waals surface area contributed by atoms with E-state index < -0.39 is 0 Å². The number of hydrogen-bond acceptors (Lipinski definition) is 2. The van der Waals surface area contributed by atoms with E-state index in [0.717, 1.165) is 55.0 Å². The number of amides is 1. The van der Waals surface area contributed by atoms with Crippen LogP contribution < -0.4 is 15.1 Å². The van der Waals surface area contributed by atoms with E-state index in [9.17, 15) is 4.79 Å². The van der Waals surface area contributed by atoms with Gasteiger partial charge in [0.2, 0.25) is 0 Å². The van der Waals surface area contributed by atoms with E-state index >= 15 is 0 Å². The summed E-state index contributed by atoms with van der Waals surface area (Å²) in [7, 11) is 2.02. The maximum absolute atomic E-state index is 12.3. The number of morpholine rings is 1. The minimum atomic E-state index is 0.0213. The van der Waals surface area contributed by atoms with E-state index in [1.807, 2.05) is 43.4 Å². The molecular formula is C21H28ClN3O2+2. The van der Waals surface area contributed by atoms with Gasteiger partial charge in [-0.2, -0.15) is 0 Å². The number of nitrogens with one attached hydrogen (secondary N) is 3. The van der Waals surface area contributed by atoms with Crippen LogP contribution >= 0.6 is 11.6 Å². The van der Waals surface area contributed by atoms with E-state index in [2.05, 4.69) is 17.4 Å². The fraction of sp³-hybridized carbons (Fsp3) is 0.381. The van der Waals surface area contributed by atoms with Crippen molar-refractivity contribution in [1.82, 2.24) is 0 Å². The van der Waals surface area contributed by atoms with E-state index in [0.29, 0.717) is 6.54 Å². The Balaban J connectivity index is 1.44. The van der Waals surface area contributed by atoms with Crippen molar-refractivity contribution < 1.29 is 19.3 Å². The number of quaternary nitrogens is 2. The van der Waals surface area contributed by atoms with Crippen molar-refractivity contribution in [3.8, 4) is 0 Å². The molecule has 144 valence electrons. The summed E-state index contributed by atoms with van der Waals surface area (Å²) in [4.78, 5) is 15.0. The average molecular weight is 390 g/mol. The smallest absolute Gasteiger partial charge is 0.279 e. The average Bonchev–Trinajstić information content (AvgIpc) is 2.66. The highest BCUT2D eigenvalue weighted by Crippen LogP contribution is 2.09. The van der Waals surface area contributed by atoms with Crippen LogP contribution in [0.4, 0.5) is 5.69 Å². The monoisotopic (exact) mass is 389 g/mol. The van der Waals surface area contributed by atoms with Crippen LogP contribution in [0, 0.1) is 0 Å². The van der Waals surface area contributed by atoms with Crippen LogP contribution in [0.2, 0.25) is 5.02 Å². The first-order chi connectivity index (χ1) is 13.1. The predicted octanol–water partition coefficient (Wildman–Crippen LogP) is 0.409. The van der Waals surface area contributed by atoms with Gasteiger partial charge in [-0.05, 0) is 24.3 Å². The van der Waals surface area contributed by atoms with Crippen molar-refractivity contribution in [2.24, 2.45) is 0 Å². The van der Waals surface area contributed by atoms with Gasteiger partial charge in [0.05, 0.1) is 20.3 Å². The molecule has 0 radical (unpaired) electrons. The molecule has 6 heteroatoms. The summed E-state index contributed by atoms with van der Waals surface area (Å²) >= 11 is 5.91. The molecule has 1 atom stereocenters. The SMILES string of the molecule is C[NH+](CC(=O)Nc1ccc(C[NH+]2CCOCC2)cc1)Cc1ccc(Cl)cc1. The number of ether oxygens (including phenoxy) is 1. The molecule has 2 aromatic rings.